The van der Waals surface area contributed by atoms with Crippen LogP contribution in [0.3, 0.4) is 0 Å². The van der Waals surface area contributed by atoms with Crippen LogP contribution in [0.2, 0.25) is 0 Å². The van der Waals surface area contributed by atoms with Crippen molar-refractivity contribution >= 4 is 11.7 Å². The molecule has 142 valence electrons. The lowest BCUT2D eigenvalue weighted by Gasteiger charge is -2.06. The minimum atomic E-state index is -0.450. The quantitative estimate of drug-likeness (QED) is 0.112. The maximum atomic E-state index is 11.8. The van der Waals surface area contributed by atoms with E-state index in [4.69, 9.17) is 9.94 Å². The third kappa shape index (κ3) is 14.5. The number of oxime groups is 1. The van der Waals surface area contributed by atoms with Crippen LogP contribution in [0.4, 0.5) is 0 Å². The van der Waals surface area contributed by atoms with Crippen molar-refractivity contribution in [2.75, 3.05) is 6.61 Å². The van der Waals surface area contributed by atoms with Gasteiger partial charge in [-0.15, -0.1) is 0 Å². The molecule has 0 rings (SSSR count). The van der Waals surface area contributed by atoms with Crippen LogP contribution in [-0.4, -0.2) is 23.5 Å². The first-order valence-corrected chi connectivity index (χ1v) is 10.1. The number of hydrogen-bond acceptors (Lipinski definition) is 4. The van der Waals surface area contributed by atoms with Crippen LogP contribution in [0.1, 0.15) is 110 Å². The molecule has 4 heteroatoms. The number of unbranched alkanes of at least 4 members (excludes halogenated alkanes) is 12. The van der Waals surface area contributed by atoms with E-state index in [0.29, 0.717) is 13.0 Å². The van der Waals surface area contributed by atoms with E-state index in [1.807, 2.05) is 0 Å². The van der Waals surface area contributed by atoms with E-state index >= 15 is 0 Å². The molecule has 0 fully saturated rings. The molecule has 24 heavy (non-hydrogen) atoms. The summed E-state index contributed by atoms with van der Waals surface area (Å²) in [6, 6.07) is 0. The topological polar surface area (TPSA) is 58.9 Å². The molecule has 0 spiro atoms. The fraction of sp³-hybridized carbons (Fsp3) is 0.900. The Balaban J connectivity index is 3.57. The Morgan fingerprint density at radius 3 is 1.71 bits per heavy atom. The Kier molecular flexibility index (Phi) is 17.5. The van der Waals surface area contributed by atoms with E-state index in [1.54, 1.807) is 0 Å². The zero-order valence-electron chi connectivity index (χ0n) is 16.0. The lowest BCUT2D eigenvalue weighted by Crippen LogP contribution is -2.18. The average Bonchev–Trinajstić information content (AvgIpc) is 2.59. The van der Waals surface area contributed by atoms with Gasteiger partial charge in [0.1, 0.15) is 0 Å². The van der Waals surface area contributed by atoms with E-state index < -0.39 is 5.97 Å². The summed E-state index contributed by atoms with van der Waals surface area (Å²) >= 11 is 0. The molecule has 0 saturated heterocycles. The molecule has 0 atom stereocenters. The van der Waals surface area contributed by atoms with Gasteiger partial charge in [-0.25, -0.2) is 4.79 Å². The Bertz CT molecular complexity index is 316. The second kappa shape index (κ2) is 18.3. The van der Waals surface area contributed by atoms with Crippen molar-refractivity contribution in [2.24, 2.45) is 5.16 Å². The molecule has 0 aliphatic heterocycles. The van der Waals surface area contributed by atoms with E-state index in [2.05, 4.69) is 19.0 Å². The summed E-state index contributed by atoms with van der Waals surface area (Å²) in [5.74, 6) is -0.450. The van der Waals surface area contributed by atoms with Crippen molar-refractivity contribution in [1.29, 1.82) is 0 Å². The largest absolute Gasteiger partial charge is 0.461 e. The first-order chi connectivity index (χ1) is 11.8. The number of carbonyl (C=O) groups is 1. The van der Waals surface area contributed by atoms with Crippen LogP contribution < -0.4 is 0 Å². The molecule has 0 amide bonds. The smallest absolute Gasteiger partial charge is 0.356 e. The van der Waals surface area contributed by atoms with Gasteiger partial charge >= 0.3 is 5.97 Å². The molecule has 0 aromatic rings. The summed E-state index contributed by atoms with van der Waals surface area (Å²) < 4.78 is 5.19. The number of ether oxygens (including phenoxy) is 1. The van der Waals surface area contributed by atoms with Crippen LogP contribution in [-0.2, 0) is 9.53 Å². The summed E-state index contributed by atoms with van der Waals surface area (Å²) in [6.07, 6.45) is 17.1. The van der Waals surface area contributed by atoms with Crippen LogP contribution >= 0.6 is 0 Å². The molecule has 0 unspecified atom stereocenters. The average molecular weight is 342 g/mol. The number of esters is 1. The molecule has 0 saturated carbocycles. The van der Waals surface area contributed by atoms with Gasteiger partial charge in [0, 0.05) is 6.42 Å². The van der Waals surface area contributed by atoms with Gasteiger partial charge in [-0.2, -0.15) is 0 Å². The maximum Gasteiger partial charge on any atom is 0.356 e. The Morgan fingerprint density at radius 2 is 1.21 bits per heavy atom. The molecule has 0 radical (unpaired) electrons. The second-order valence-electron chi connectivity index (χ2n) is 6.68. The highest BCUT2D eigenvalue weighted by Gasteiger charge is 2.13. The van der Waals surface area contributed by atoms with Gasteiger partial charge in [0.15, 0.2) is 5.71 Å². The summed E-state index contributed by atoms with van der Waals surface area (Å²) in [7, 11) is 0. The summed E-state index contributed by atoms with van der Waals surface area (Å²) in [4.78, 5) is 11.8. The molecule has 1 N–H and O–H groups in total. The summed E-state index contributed by atoms with van der Waals surface area (Å²) in [5.41, 5.74) is 0.173. The third-order valence-electron chi connectivity index (χ3n) is 4.35. The minimum Gasteiger partial charge on any atom is -0.461 e. The minimum absolute atomic E-state index is 0.173. The van der Waals surface area contributed by atoms with Crippen molar-refractivity contribution in [3.8, 4) is 0 Å². The van der Waals surface area contributed by atoms with Crippen molar-refractivity contribution in [3.05, 3.63) is 0 Å². The molecule has 4 nitrogen and oxygen atoms in total. The first kappa shape index (κ1) is 22.9. The van der Waals surface area contributed by atoms with Crippen molar-refractivity contribution in [3.63, 3.8) is 0 Å². The fourth-order valence-electron chi connectivity index (χ4n) is 2.75. The Labute approximate surface area is 149 Å². The summed E-state index contributed by atoms with van der Waals surface area (Å²) in [6.45, 7) is 4.85. The molecule has 0 bridgehead atoms. The van der Waals surface area contributed by atoms with Gasteiger partial charge in [0.2, 0.25) is 0 Å². The van der Waals surface area contributed by atoms with Gasteiger partial charge in [-0.1, -0.05) is 96.1 Å². The molecule has 0 heterocycles. The molecule has 0 aliphatic rings. The van der Waals surface area contributed by atoms with Gasteiger partial charge in [0.05, 0.1) is 6.61 Å². The lowest BCUT2D eigenvalue weighted by molar-refractivity contribution is -0.136. The second-order valence-corrected chi connectivity index (χ2v) is 6.68. The molecule has 0 aromatic heterocycles. The zero-order chi connectivity index (χ0) is 17.9. The molecule has 0 aliphatic carbocycles. The SMILES string of the molecule is CCCCCCCCCC/C(=N\O)C(=O)OCCCCCCCC. The number of nitrogens with zero attached hydrogens (tertiary/aromatic N) is 1. The number of hydrogen-bond donors (Lipinski definition) is 1. The zero-order valence-corrected chi connectivity index (χ0v) is 16.0. The Hall–Kier alpha value is -1.06. The predicted molar refractivity (Wildman–Crippen MR) is 101 cm³/mol. The van der Waals surface area contributed by atoms with Crippen molar-refractivity contribution in [1.82, 2.24) is 0 Å². The predicted octanol–water partition coefficient (Wildman–Crippen LogP) is 6.25. The molecular weight excluding hydrogens is 302 g/mol. The Morgan fingerprint density at radius 1 is 0.750 bits per heavy atom. The number of rotatable bonds is 17. The van der Waals surface area contributed by atoms with Crippen molar-refractivity contribution in [2.45, 2.75) is 110 Å². The van der Waals surface area contributed by atoms with E-state index in [9.17, 15) is 4.79 Å². The van der Waals surface area contributed by atoms with Crippen LogP contribution in [0.25, 0.3) is 0 Å². The highest BCUT2D eigenvalue weighted by Crippen LogP contribution is 2.10. The standard InChI is InChI=1S/C20H39NO3/c1-3-5-7-9-11-12-13-15-17-19(21-23)20(22)24-18-16-14-10-8-6-4-2/h23H,3-18H2,1-2H3/b21-19+. The molecule has 0 aromatic carbocycles. The fourth-order valence-corrected chi connectivity index (χ4v) is 2.75. The normalized spacial score (nSPS) is 11.7. The third-order valence-corrected chi connectivity index (χ3v) is 4.35. The van der Waals surface area contributed by atoms with Crippen LogP contribution in [0.5, 0.6) is 0 Å². The maximum absolute atomic E-state index is 11.8. The highest BCUT2D eigenvalue weighted by atomic mass is 16.5. The van der Waals surface area contributed by atoms with Gasteiger partial charge in [-0.3, -0.25) is 0 Å². The summed E-state index contributed by atoms with van der Waals surface area (Å²) in [5, 5.41) is 12.1. The van der Waals surface area contributed by atoms with Crippen LogP contribution in [0, 0.1) is 0 Å². The van der Waals surface area contributed by atoms with E-state index in [1.165, 1.54) is 64.2 Å². The van der Waals surface area contributed by atoms with E-state index in [0.717, 1.165) is 25.7 Å². The van der Waals surface area contributed by atoms with Gasteiger partial charge in [-0.05, 0) is 12.8 Å². The van der Waals surface area contributed by atoms with Gasteiger partial charge < -0.3 is 9.94 Å². The lowest BCUT2D eigenvalue weighted by atomic mass is 10.1. The van der Waals surface area contributed by atoms with Gasteiger partial charge in [0.25, 0.3) is 0 Å². The number of carbonyl (C=O) groups excluding carboxylic acids is 1. The highest BCUT2D eigenvalue weighted by molar-refractivity contribution is 6.36. The first-order valence-electron chi connectivity index (χ1n) is 10.1. The van der Waals surface area contributed by atoms with Crippen molar-refractivity contribution < 1.29 is 14.7 Å². The monoisotopic (exact) mass is 341 g/mol. The van der Waals surface area contributed by atoms with Crippen LogP contribution in [0.15, 0.2) is 5.16 Å². The molecular formula is C20H39NO3. The van der Waals surface area contributed by atoms with E-state index in [-0.39, 0.29) is 5.71 Å².